The summed E-state index contributed by atoms with van der Waals surface area (Å²) in [5, 5.41) is 1.23. The van der Waals surface area contributed by atoms with Gasteiger partial charge in [0.05, 0.1) is 11.1 Å². The van der Waals surface area contributed by atoms with Gasteiger partial charge in [-0.15, -0.1) is 11.3 Å². The number of hydrogen-bond donors (Lipinski definition) is 0. The molecule has 2 heterocycles. The molecule has 0 radical (unpaired) electrons. The van der Waals surface area contributed by atoms with Crippen molar-refractivity contribution in [2.24, 2.45) is 0 Å². The molecule has 0 bridgehead atoms. The van der Waals surface area contributed by atoms with Gasteiger partial charge >= 0.3 is 0 Å². The van der Waals surface area contributed by atoms with Gasteiger partial charge in [-0.3, -0.25) is 0 Å². The Morgan fingerprint density at radius 2 is 1.70 bits per heavy atom. The van der Waals surface area contributed by atoms with Gasteiger partial charge in [0.25, 0.3) is 0 Å². The zero-order chi connectivity index (χ0) is 13.4. The molecule has 0 amide bonds. The van der Waals surface area contributed by atoms with E-state index in [1.165, 1.54) is 10.1 Å². The lowest BCUT2D eigenvalue weighted by Crippen LogP contribution is -1.70. The summed E-state index contributed by atoms with van der Waals surface area (Å²) >= 11 is 1.70. The second-order valence-corrected chi connectivity index (χ2v) is 5.63. The highest BCUT2D eigenvalue weighted by atomic mass is 32.1. The Balaban J connectivity index is 1.78. The number of aromatic nitrogens is 1. The average molecular weight is 277 g/mol. The largest absolute Gasteiger partial charge is 0.435 e. The first-order valence-electron chi connectivity index (χ1n) is 6.40. The van der Waals surface area contributed by atoms with Crippen molar-refractivity contribution in [3.05, 3.63) is 66.9 Å². The summed E-state index contributed by atoms with van der Waals surface area (Å²) in [7, 11) is 0. The van der Waals surface area contributed by atoms with E-state index in [1.54, 1.807) is 17.5 Å². The van der Waals surface area contributed by atoms with Crippen molar-refractivity contribution in [3.63, 3.8) is 0 Å². The van der Waals surface area contributed by atoms with Gasteiger partial charge in [-0.25, -0.2) is 4.98 Å². The molecule has 0 spiro atoms. The number of rotatable bonds is 2. The Morgan fingerprint density at radius 1 is 0.900 bits per heavy atom. The predicted octanol–water partition coefficient (Wildman–Crippen LogP) is 5.22. The summed E-state index contributed by atoms with van der Waals surface area (Å²) in [6, 6.07) is 20.5. The molecule has 2 nitrogen and oxygen atoms in total. The lowest BCUT2D eigenvalue weighted by atomic mass is 10.2. The number of thiophene rings is 1. The standard InChI is InChI=1S/C17H11NOS/c1-2-6-12(7-3-1)14-11-18-17(19-14)16-10-13-8-4-5-9-15(13)20-16/h1-11H. The van der Waals surface area contributed by atoms with Crippen molar-refractivity contribution in [2.45, 2.75) is 0 Å². The Bertz CT molecular complexity index is 828. The predicted molar refractivity (Wildman–Crippen MR) is 82.8 cm³/mol. The lowest BCUT2D eigenvalue weighted by molar-refractivity contribution is 0.590. The van der Waals surface area contributed by atoms with Crippen LogP contribution in [0.25, 0.3) is 32.2 Å². The van der Waals surface area contributed by atoms with Crippen LogP contribution in [0.4, 0.5) is 0 Å². The molecule has 0 unspecified atom stereocenters. The van der Waals surface area contributed by atoms with E-state index in [2.05, 4.69) is 23.2 Å². The number of oxazole rings is 1. The van der Waals surface area contributed by atoms with Crippen LogP contribution in [0.2, 0.25) is 0 Å². The second kappa shape index (κ2) is 4.62. The normalized spacial score (nSPS) is 11.0. The molecule has 96 valence electrons. The fourth-order valence-electron chi connectivity index (χ4n) is 2.21. The molecular formula is C17H11NOS. The summed E-state index contributed by atoms with van der Waals surface area (Å²) in [6.45, 7) is 0. The zero-order valence-electron chi connectivity index (χ0n) is 10.6. The van der Waals surface area contributed by atoms with E-state index < -0.39 is 0 Å². The molecule has 2 aromatic carbocycles. The number of fused-ring (bicyclic) bond motifs is 1. The lowest BCUT2D eigenvalue weighted by Gasteiger charge is -1.93. The summed E-state index contributed by atoms with van der Waals surface area (Å²) < 4.78 is 7.14. The molecular weight excluding hydrogens is 266 g/mol. The molecule has 0 aliphatic heterocycles. The van der Waals surface area contributed by atoms with Crippen LogP contribution in [-0.2, 0) is 0 Å². The molecule has 0 aliphatic rings. The molecule has 0 fully saturated rings. The van der Waals surface area contributed by atoms with Crippen molar-refractivity contribution < 1.29 is 4.42 Å². The van der Waals surface area contributed by atoms with Crippen LogP contribution in [0.5, 0.6) is 0 Å². The smallest absolute Gasteiger partial charge is 0.236 e. The number of benzene rings is 2. The maximum atomic E-state index is 5.88. The zero-order valence-corrected chi connectivity index (χ0v) is 11.4. The van der Waals surface area contributed by atoms with E-state index in [0.717, 1.165) is 16.2 Å². The van der Waals surface area contributed by atoms with E-state index in [4.69, 9.17) is 4.42 Å². The second-order valence-electron chi connectivity index (χ2n) is 4.54. The topological polar surface area (TPSA) is 26.0 Å². The van der Waals surface area contributed by atoms with Gasteiger partial charge in [-0.1, -0.05) is 48.5 Å². The van der Waals surface area contributed by atoms with Crippen LogP contribution >= 0.6 is 11.3 Å². The highest BCUT2D eigenvalue weighted by molar-refractivity contribution is 7.22. The van der Waals surface area contributed by atoms with Crippen LogP contribution in [0.3, 0.4) is 0 Å². The summed E-state index contributed by atoms with van der Waals surface area (Å²) in [5.41, 5.74) is 1.05. The highest BCUT2D eigenvalue weighted by Crippen LogP contribution is 2.34. The molecule has 0 N–H and O–H groups in total. The van der Waals surface area contributed by atoms with Crippen LogP contribution < -0.4 is 0 Å². The third-order valence-corrected chi connectivity index (χ3v) is 4.30. The monoisotopic (exact) mass is 277 g/mol. The molecule has 2 aromatic heterocycles. The van der Waals surface area contributed by atoms with Gasteiger partial charge in [-0.2, -0.15) is 0 Å². The molecule has 0 aliphatic carbocycles. The average Bonchev–Trinajstić information content (AvgIpc) is 3.14. The van der Waals surface area contributed by atoms with E-state index >= 15 is 0 Å². The fraction of sp³-hybridized carbons (Fsp3) is 0. The summed E-state index contributed by atoms with van der Waals surface area (Å²) in [4.78, 5) is 5.47. The Hall–Kier alpha value is -2.39. The number of hydrogen-bond acceptors (Lipinski definition) is 3. The van der Waals surface area contributed by atoms with Crippen molar-refractivity contribution in [3.8, 4) is 22.1 Å². The van der Waals surface area contributed by atoms with Gasteiger partial charge in [0.2, 0.25) is 5.89 Å². The quantitative estimate of drug-likeness (QED) is 0.502. The van der Waals surface area contributed by atoms with Gasteiger partial charge in [0.1, 0.15) is 0 Å². The van der Waals surface area contributed by atoms with Gasteiger partial charge < -0.3 is 4.42 Å². The first-order chi connectivity index (χ1) is 9.90. The summed E-state index contributed by atoms with van der Waals surface area (Å²) in [6.07, 6.45) is 1.79. The van der Waals surface area contributed by atoms with E-state index in [1.807, 2.05) is 42.5 Å². The van der Waals surface area contributed by atoms with Crippen molar-refractivity contribution in [2.75, 3.05) is 0 Å². The maximum absolute atomic E-state index is 5.88. The molecule has 0 saturated heterocycles. The van der Waals surface area contributed by atoms with Gasteiger partial charge in [0, 0.05) is 10.3 Å². The number of nitrogens with zero attached hydrogens (tertiary/aromatic N) is 1. The van der Waals surface area contributed by atoms with Gasteiger partial charge in [-0.05, 0) is 17.5 Å². The van der Waals surface area contributed by atoms with Crippen LogP contribution in [0.15, 0.2) is 71.3 Å². The Labute approximate surface area is 120 Å². The van der Waals surface area contributed by atoms with Crippen LogP contribution in [0, 0.1) is 0 Å². The molecule has 0 atom stereocenters. The SMILES string of the molecule is c1ccc(-c2cnc(-c3cc4ccccc4s3)o2)cc1. The fourth-order valence-corrected chi connectivity index (χ4v) is 3.21. The summed E-state index contributed by atoms with van der Waals surface area (Å²) in [5.74, 6) is 1.49. The third-order valence-electron chi connectivity index (χ3n) is 3.20. The highest BCUT2D eigenvalue weighted by Gasteiger charge is 2.11. The molecule has 0 saturated carbocycles. The molecule has 4 aromatic rings. The minimum absolute atomic E-state index is 0.685. The van der Waals surface area contributed by atoms with E-state index in [9.17, 15) is 0 Å². The van der Waals surface area contributed by atoms with E-state index in [-0.39, 0.29) is 0 Å². The maximum Gasteiger partial charge on any atom is 0.236 e. The first kappa shape index (κ1) is 11.4. The van der Waals surface area contributed by atoms with Crippen LogP contribution in [0.1, 0.15) is 0 Å². The molecule has 4 rings (SSSR count). The van der Waals surface area contributed by atoms with Crippen LogP contribution in [-0.4, -0.2) is 4.98 Å². The molecule has 3 heteroatoms. The third kappa shape index (κ3) is 1.92. The minimum atomic E-state index is 0.685. The van der Waals surface area contributed by atoms with Crippen molar-refractivity contribution in [1.29, 1.82) is 0 Å². The minimum Gasteiger partial charge on any atom is -0.435 e. The van der Waals surface area contributed by atoms with Gasteiger partial charge in [0.15, 0.2) is 5.76 Å². The van der Waals surface area contributed by atoms with E-state index in [0.29, 0.717) is 5.89 Å². The van der Waals surface area contributed by atoms with Crippen molar-refractivity contribution >= 4 is 21.4 Å². The Morgan fingerprint density at radius 3 is 2.55 bits per heavy atom. The Kier molecular flexibility index (Phi) is 2.64. The first-order valence-corrected chi connectivity index (χ1v) is 7.22. The molecule has 20 heavy (non-hydrogen) atoms. The van der Waals surface area contributed by atoms with Crippen molar-refractivity contribution in [1.82, 2.24) is 4.98 Å².